The van der Waals surface area contributed by atoms with Gasteiger partial charge in [0.05, 0.1) is 25.4 Å². The van der Waals surface area contributed by atoms with Crippen molar-refractivity contribution in [3.05, 3.63) is 0 Å². The first-order chi connectivity index (χ1) is 25.3. The smallest absolute Gasteiger partial charge is 0.220 e. The van der Waals surface area contributed by atoms with Crippen LogP contribution in [0.2, 0.25) is 0 Å². The average molecular weight is 746 g/mol. The molecule has 310 valence electrons. The van der Waals surface area contributed by atoms with Gasteiger partial charge in [-0.15, -0.1) is 0 Å². The molecule has 1 aliphatic heterocycles. The van der Waals surface area contributed by atoms with Crippen LogP contribution >= 0.6 is 0 Å². The molecule has 3 unspecified atom stereocenters. The SMILES string of the molecule is CCCCCCCCCCCCCCCCCC(=O)NC(CO[C@H]1O[C@H](CO)[C@H](O)[C@H](O)[C@H]1O)C(O)C(O)CCCCCCCCCCCCCC. The number of aliphatic hydroxyl groups excluding tert-OH is 6. The van der Waals surface area contributed by atoms with Crippen molar-refractivity contribution in [1.82, 2.24) is 5.32 Å². The lowest BCUT2D eigenvalue weighted by atomic mass is 9.98. The quantitative estimate of drug-likeness (QED) is 0.0324. The van der Waals surface area contributed by atoms with Crippen molar-refractivity contribution in [3.8, 4) is 0 Å². The van der Waals surface area contributed by atoms with Crippen molar-refractivity contribution in [2.75, 3.05) is 13.2 Å². The molecule has 0 aromatic heterocycles. The average Bonchev–Trinajstić information content (AvgIpc) is 3.14. The zero-order valence-electron chi connectivity index (χ0n) is 33.4. The van der Waals surface area contributed by atoms with Crippen LogP contribution in [-0.4, -0.2) is 98.7 Å². The van der Waals surface area contributed by atoms with Gasteiger partial charge in [0.15, 0.2) is 6.29 Å². The molecule has 0 bridgehead atoms. The molecule has 1 aliphatic rings. The third kappa shape index (κ3) is 23.8. The maximum Gasteiger partial charge on any atom is 0.220 e. The Bertz CT molecular complexity index is 803. The van der Waals surface area contributed by atoms with Gasteiger partial charge in [-0.1, -0.05) is 181 Å². The Morgan fingerprint density at radius 3 is 1.42 bits per heavy atom. The Kier molecular flexibility index (Phi) is 31.7. The number of carbonyl (C=O) groups is 1. The molecule has 0 aromatic carbocycles. The van der Waals surface area contributed by atoms with Crippen molar-refractivity contribution < 1.29 is 44.9 Å². The van der Waals surface area contributed by atoms with Crippen LogP contribution in [0.15, 0.2) is 0 Å². The molecule has 1 rings (SSSR count). The van der Waals surface area contributed by atoms with E-state index < -0.39 is 55.6 Å². The van der Waals surface area contributed by atoms with Crippen LogP contribution < -0.4 is 5.32 Å². The van der Waals surface area contributed by atoms with Gasteiger partial charge in [0.2, 0.25) is 5.91 Å². The van der Waals surface area contributed by atoms with Crippen LogP contribution in [-0.2, 0) is 14.3 Å². The van der Waals surface area contributed by atoms with E-state index in [9.17, 15) is 35.4 Å². The van der Waals surface area contributed by atoms with Gasteiger partial charge in [-0.2, -0.15) is 0 Å². The Morgan fingerprint density at radius 1 is 0.596 bits per heavy atom. The van der Waals surface area contributed by atoms with Crippen LogP contribution in [0.5, 0.6) is 0 Å². The third-order valence-electron chi connectivity index (χ3n) is 10.8. The Morgan fingerprint density at radius 2 is 1.00 bits per heavy atom. The lowest BCUT2D eigenvalue weighted by Gasteiger charge is -2.40. The van der Waals surface area contributed by atoms with E-state index in [0.717, 1.165) is 44.9 Å². The van der Waals surface area contributed by atoms with Gasteiger partial charge in [-0.25, -0.2) is 0 Å². The monoisotopic (exact) mass is 746 g/mol. The topological polar surface area (TPSA) is 169 Å². The Labute approximate surface area is 317 Å². The molecular weight excluding hydrogens is 662 g/mol. The van der Waals surface area contributed by atoms with E-state index >= 15 is 0 Å². The van der Waals surface area contributed by atoms with Crippen molar-refractivity contribution >= 4 is 5.91 Å². The lowest BCUT2D eigenvalue weighted by Crippen LogP contribution is -2.60. The fraction of sp³-hybridized carbons (Fsp3) is 0.976. The molecule has 0 radical (unpaired) electrons. The minimum Gasteiger partial charge on any atom is -0.394 e. The standard InChI is InChI=1S/C42H83NO9/c1-3-5-7-9-11-13-15-17-18-19-21-23-25-27-29-31-37(46)43-34(33-51-42-41(50)40(49)39(48)36(32-44)52-42)38(47)35(45)30-28-26-24-22-20-16-14-12-10-8-6-4-2/h34-36,38-42,44-45,47-50H,3-33H2,1-2H3,(H,43,46)/t34?,35?,36-,38?,39+,40+,41-,42+/m1/s1. The molecule has 1 saturated heterocycles. The molecule has 10 nitrogen and oxygen atoms in total. The fourth-order valence-electron chi connectivity index (χ4n) is 7.20. The van der Waals surface area contributed by atoms with E-state index in [1.165, 1.54) is 128 Å². The molecule has 8 atom stereocenters. The van der Waals surface area contributed by atoms with Gasteiger partial charge in [-0.05, 0) is 12.8 Å². The summed E-state index contributed by atoms with van der Waals surface area (Å²) in [5.41, 5.74) is 0. The molecule has 1 amide bonds. The highest BCUT2D eigenvalue weighted by molar-refractivity contribution is 5.76. The summed E-state index contributed by atoms with van der Waals surface area (Å²) in [7, 11) is 0. The van der Waals surface area contributed by atoms with Gasteiger partial charge >= 0.3 is 0 Å². The molecule has 52 heavy (non-hydrogen) atoms. The van der Waals surface area contributed by atoms with Gasteiger partial charge in [0.25, 0.3) is 0 Å². The van der Waals surface area contributed by atoms with Gasteiger partial charge in [0, 0.05) is 6.42 Å². The summed E-state index contributed by atoms with van der Waals surface area (Å²) in [5, 5.41) is 65.0. The number of aliphatic hydroxyl groups is 6. The van der Waals surface area contributed by atoms with Gasteiger partial charge in [-0.3, -0.25) is 4.79 Å². The van der Waals surface area contributed by atoms with Gasteiger partial charge < -0.3 is 45.4 Å². The Balaban J connectivity index is 2.42. The second kappa shape index (κ2) is 33.5. The number of unbranched alkanes of at least 4 members (excludes halogenated alkanes) is 25. The summed E-state index contributed by atoms with van der Waals surface area (Å²) in [6, 6.07) is -0.983. The predicted octanol–water partition coefficient (Wildman–Crippen LogP) is 7.36. The molecule has 10 heteroatoms. The largest absolute Gasteiger partial charge is 0.394 e. The lowest BCUT2D eigenvalue weighted by molar-refractivity contribution is -0.303. The highest BCUT2D eigenvalue weighted by Gasteiger charge is 2.44. The second-order valence-corrected chi connectivity index (χ2v) is 15.6. The molecule has 7 N–H and O–H groups in total. The van der Waals surface area contributed by atoms with Crippen molar-refractivity contribution in [1.29, 1.82) is 0 Å². The molecule has 1 heterocycles. The predicted molar refractivity (Wildman–Crippen MR) is 209 cm³/mol. The first-order valence-electron chi connectivity index (χ1n) is 21.8. The molecule has 0 spiro atoms. The summed E-state index contributed by atoms with van der Waals surface area (Å²) in [5.74, 6) is -0.256. The molecule has 0 saturated carbocycles. The van der Waals surface area contributed by atoms with Crippen molar-refractivity contribution in [2.24, 2.45) is 0 Å². The van der Waals surface area contributed by atoms with Crippen LogP contribution in [0.4, 0.5) is 0 Å². The first kappa shape index (κ1) is 49.2. The first-order valence-corrected chi connectivity index (χ1v) is 21.8. The summed E-state index contributed by atoms with van der Waals surface area (Å²) < 4.78 is 11.1. The minimum absolute atomic E-state index is 0.256. The number of nitrogens with one attached hydrogen (secondary N) is 1. The van der Waals surface area contributed by atoms with E-state index in [1.807, 2.05) is 0 Å². The number of ether oxygens (including phenoxy) is 2. The highest BCUT2D eigenvalue weighted by atomic mass is 16.7. The molecule has 0 aromatic rings. The van der Waals surface area contributed by atoms with Crippen LogP contribution in [0, 0.1) is 0 Å². The Hall–Kier alpha value is -0.850. The van der Waals surface area contributed by atoms with Crippen molar-refractivity contribution in [2.45, 2.75) is 249 Å². The summed E-state index contributed by atoms with van der Waals surface area (Å²) >= 11 is 0. The summed E-state index contributed by atoms with van der Waals surface area (Å²) in [4.78, 5) is 13.0. The van der Waals surface area contributed by atoms with Gasteiger partial charge in [0.1, 0.15) is 30.5 Å². The molecule has 0 aliphatic carbocycles. The van der Waals surface area contributed by atoms with Crippen LogP contribution in [0.1, 0.15) is 200 Å². The van der Waals surface area contributed by atoms with Crippen LogP contribution in [0.25, 0.3) is 0 Å². The number of carbonyl (C=O) groups excluding carboxylic acids is 1. The number of hydrogen-bond donors (Lipinski definition) is 7. The van der Waals surface area contributed by atoms with Crippen molar-refractivity contribution in [3.63, 3.8) is 0 Å². The maximum atomic E-state index is 13.0. The van der Waals surface area contributed by atoms with E-state index in [4.69, 9.17) is 9.47 Å². The zero-order valence-corrected chi connectivity index (χ0v) is 33.4. The minimum atomic E-state index is -1.60. The highest BCUT2D eigenvalue weighted by Crippen LogP contribution is 2.23. The molecule has 1 fully saturated rings. The van der Waals surface area contributed by atoms with Crippen LogP contribution in [0.3, 0.4) is 0 Å². The van der Waals surface area contributed by atoms with E-state index in [-0.39, 0.29) is 18.9 Å². The summed E-state index contributed by atoms with van der Waals surface area (Å²) in [6.07, 6.45) is 23.9. The van der Waals surface area contributed by atoms with E-state index in [1.54, 1.807) is 0 Å². The zero-order chi connectivity index (χ0) is 38.2. The number of rotatable bonds is 36. The van der Waals surface area contributed by atoms with E-state index in [2.05, 4.69) is 19.2 Å². The normalized spacial score (nSPS) is 22.3. The maximum absolute atomic E-state index is 13.0. The molecular formula is C42H83NO9. The summed E-state index contributed by atoms with van der Waals surface area (Å²) in [6.45, 7) is 3.60. The third-order valence-corrected chi connectivity index (χ3v) is 10.8. The fourth-order valence-corrected chi connectivity index (χ4v) is 7.20. The number of amides is 1. The second-order valence-electron chi connectivity index (χ2n) is 15.6. The number of hydrogen-bond acceptors (Lipinski definition) is 9. The van der Waals surface area contributed by atoms with E-state index in [0.29, 0.717) is 6.42 Å².